The molecule has 0 fully saturated rings. The van der Waals surface area contributed by atoms with E-state index in [0.717, 1.165) is 35.3 Å². The normalized spacial score (nSPS) is 13.7. The molecule has 2 aromatic rings. The summed E-state index contributed by atoms with van der Waals surface area (Å²) >= 11 is 0. The molecule has 2 rings (SSSR count). The Morgan fingerprint density at radius 1 is 0.917 bits per heavy atom. The number of rotatable bonds is 10. The third-order valence-electron chi connectivity index (χ3n) is 7.79. The molecule has 1 atom stereocenters. The van der Waals surface area contributed by atoms with Crippen LogP contribution in [-0.4, -0.2) is 52.8 Å². The molecule has 36 heavy (non-hydrogen) atoms. The second-order valence-corrected chi connectivity index (χ2v) is 11.2. The van der Waals surface area contributed by atoms with Crippen LogP contribution in [0.15, 0.2) is 36.4 Å². The van der Waals surface area contributed by atoms with Crippen LogP contribution in [0.5, 0.6) is 5.75 Å². The molecule has 0 aromatic heterocycles. The molecule has 2 aromatic carbocycles. The molecule has 0 aliphatic rings. The molecule has 0 aliphatic carbocycles. The van der Waals surface area contributed by atoms with Crippen molar-refractivity contribution in [2.75, 3.05) is 20.2 Å². The maximum Gasteiger partial charge on any atom is 0.323 e. The largest absolute Gasteiger partial charge is 0.490 e. The average molecular weight is 498 g/mol. The van der Waals surface area contributed by atoms with Gasteiger partial charge in [-0.25, -0.2) is 0 Å². The molecular weight excluding hydrogens is 454 g/mol. The summed E-state index contributed by atoms with van der Waals surface area (Å²) in [6, 6.07) is 12.1. The van der Waals surface area contributed by atoms with Crippen LogP contribution in [0.2, 0.25) is 0 Å². The topological polar surface area (TPSA) is 87.1 Å². The van der Waals surface area contributed by atoms with Crippen molar-refractivity contribution in [1.82, 2.24) is 4.90 Å². The SMILES string of the molecule is CCC(CC)(c1ccc(OCC(C)(O)C(C)(C)C)c(C)c1)c1ccc(C(=O)N(C)CC(=O)O)c(C)c1. The molecule has 198 valence electrons. The highest BCUT2D eigenvalue weighted by Crippen LogP contribution is 2.41. The molecule has 0 saturated heterocycles. The van der Waals surface area contributed by atoms with Crippen LogP contribution in [0.3, 0.4) is 0 Å². The second-order valence-electron chi connectivity index (χ2n) is 11.2. The van der Waals surface area contributed by atoms with Crippen molar-refractivity contribution < 1.29 is 24.5 Å². The van der Waals surface area contributed by atoms with Gasteiger partial charge in [0.25, 0.3) is 5.91 Å². The van der Waals surface area contributed by atoms with Gasteiger partial charge in [0.05, 0.1) is 0 Å². The van der Waals surface area contributed by atoms with E-state index in [1.54, 1.807) is 6.92 Å². The lowest BCUT2D eigenvalue weighted by atomic mass is 9.70. The van der Waals surface area contributed by atoms with Gasteiger partial charge in [-0.05, 0) is 73.4 Å². The highest BCUT2D eigenvalue weighted by molar-refractivity contribution is 5.97. The van der Waals surface area contributed by atoms with E-state index in [-0.39, 0.29) is 29.9 Å². The van der Waals surface area contributed by atoms with Crippen LogP contribution in [0.25, 0.3) is 0 Å². The minimum absolute atomic E-state index is 0.203. The fourth-order valence-electron chi connectivity index (χ4n) is 4.46. The lowest BCUT2D eigenvalue weighted by molar-refractivity contribution is -0.137. The lowest BCUT2D eigenvalue weighted by Crippen LogP contribution is -2.45. The molecule has 2 N–H and O–H groups in total. The molecule has 0 bridgehead atoms. The number of hydrogen-bond donors (Lipinski definition) is 2. The Bertz CT molecular complexity index is 1090. The Labute approximate surface area is 216 Å². The number of hydrogen-bond acceptors (Lipinski definition) is 4. The van der Waals surface area contributed by atoms with E-state index in [2.05, 4.69) is 32.0 Å². The Kier molecular flexibility index (Phi) is 9.00. The van der Waals surface area contributed by atoms with Gasteiger partial charge in [0.1, 0.15) is 24.5 Å². The highest BCUT2D eigenvalue weighted by Gasteiger charge is 2.36. The van der Waals surface area contributed by atoms with Gasteiger partial charge in [-0.15, -0.1) is 0 Å². The predicted octanol–water partition coefficient (Wildman–Crippen LogP) is 5.74. The summed E-state index contributed by atoms with van der Waals surface area (Å²) in [5, 5.41) is 19.8. The van der Waals surface area contributed by atoms with Crippen molar-refractivity contribution in [2.24, 2.45) is 5.41 Å². The molecule has 1 amide bonds. The van der Waals surface area contributed by atoms with Crippen molar-refractivity contribution in [3.05, 3.63) is 64.2 Å². The zero-order valence-corrected chi connectivity index (χ0v) is 23.4. The standard InChI is InChI=1S/C30H43NO5/c1-10-30(11-2,22-12-14-24(20(3)16-22)27(34)31(9)18-26(32)33)23-13-15-25(21(4)17-23)36-19-29(8,35)28(5,6)7/h12-17,35H,10-11,18-19H2,1-9H3,(H,32,33). The van der Waals surface area contributed by atoms with Gasteiger partial charge in [-0.2, -0.15) is 0 Å². The molecule has 6 heteroatoms. The van der Waals surface area contributed by atoms with Gasteiger partial charge < -0.3 is 19.8 Å². The van der Waals surface area contributed by atoms with Crippen LogP contribution < -0.4 is 4.74 Å². The number of carboxylic acid groups (broad SMARTS) is 1. The summed E-state index contributed by atoms with van der Waals surface area (Å²) in [6.07, 6.45) is 1.74. The van der Waals surface area contributed by atoms with Crippen LogP contribution >= 0.6 is 0 Å². The number of nitrogens with zero attached hydrogens (tertiary/aromatic N) is 1. The number of aliphatic hydroxyl groups is 1. The average Bonchev–Trinajstić information content (AvgIpc) is 2.78. The van der Waals surface area contributed by atoms with E-state index in [9.17, 15) is 14.7 Å². The number of ether oxygens (including phenoxy) is 1. The summed E-state index contributed by atoms with van der Waals surface area (Å²) in [4.78, 5) is 25.0. The molecule has 0 aliphatic heterocycles. The van der Waals surface area contributed by atoms with Gasteiger partial charge in [0.15, 0.2) is 0 Å². The zero-order chi connectivity index (χ0) is 27.5. The Hall–Kier alpha value is -2.86. The van der Waals surface area contributed by atoms with E-state index in [1.165, 1.54) is 17.5 Å². The molecule has 0 saturated carbocycles. The van der Waals surface area contributed by atoms with Gasteiger partial charge in [-0.3, -0.25) is 9.59 Å². The number of carbonyl (C=O) groups excluding carboxylic acids is 1. The smallest absolute Gasteiger partial charge is 0.323 e. The Morgan fingerprint density at radius 3 is 1.89 bits per heavy atom. The van der Waals surface area contributed by atoms with E-state index in [1.807, 2.05) is 52.8 Å². The van der Waals surface area contributed by atoms with Crippen LogP contribution in [0.1, 0.15) is 87.0 Å². The van der Waals surface area contributed by atoms with Crippen molar-refractivity contribution in [3.8, 4) is 5.75 Å². The Morgan fingerprint density at radius 2 is 1.44 bits per heavy atom. The van der Waals surface area contributed by atoms with Gasteiger partial charge >= 0.3 is 5.97 Å². The highest BCUT2D eigenvalue weighted by atomic mass is 16.5. The summed E-state index contributed by atoms with van der Waals surface area (Å²) < 4.78 is 6.05. The molecular formula is C30H43NO5. The van der Waals surface area contributed by atoms with Crippen LogP contribution in [0.4, 0.5) is 0 Å². The lowest BCUT2D eigenvalue weighted by Gasteiger charge is -2.37. The first-order chi connectivity index (χ1) is 16.6. The molecule has 0 radical (unpaired) electrons. The van der Waals surface area contributed by atoms with Crippen molar-refractivity contribution in [2.45, 2.75) is 79.2 Å². The van der Waals surface area contributed by atoms with Crippen LogP contribution in [-0.2, 0) is 10.2 Å². The van der Waals surface area contributed by atoms with E-state index >= 15 is 0 Å². The number of aryl methyl sites for hydroxylation is 2. The summed E-state index contributed by atoms with van der Waals surface area (Å²) in [5.41, 5.74) is 3.09. The first-order valence-corrected chi connectivity index (χ1v) is 12.6. The van der Waals surface area contributed by atoms with Gasteiger partial charge in [0.2, 0.25) is 0 Å². The van der Waals surface area contributed by atoms with E-state index in [0.29, 0.717) is 5.56 Å². The first kappa shape index (κ1) is 29.4. The van der Waals surface area contributed by atoms with Crippen LogP contribution in [0, 0.1) is 19.3 Å². The number of carboxylic acids is 1. The van der Waals surface area contributed by atoms with E-state index < -0.39 is 11.6 Å². The number of aliphatic carboxylic acids is 1. The number of carbonyl (C=O) groups is 2. The zero-order valence-electron chi connectivity index (χ0n) is 23.4. The molecule has 0 spiro atoms. The summed E-state index contributed by atoms with van der Waals surface area (Å²) in [6.45, 7) is 15.9. The maximum atomic E-state index is 12.8. The number of benzene rings is 2. The quantitative estimate of drug-likeness (QED) is 0.437. The van der Waals surface area contributed by atoms with Gasteiger partial charge in [0, 0.05) is 18.0 Å². The second kappa shape index (κ2) is 11.0. The minimum atomic E-state index is -1.04. The molecule has 1 unspecified atom stereocenters. The van der Waals surface area contributed by atoms with Crippen molar-refractivity contribution >= 4 is 11.9 Å². The third-order valence-corrected chi connectivity index (χ3v) is 7.79. The number of likely N-dealkylation sites (N-methyl/N-ethyl adjacent to an activating group) is 1. The third kappa shape index (κ3) is 6.09. The summed E-state index contributed by atoms with van der Waals surface area (Å²) in [7, 11) is 1.50. The molecule has 6 nitrogen and oxygen atoms in total. The summed E-state index contributed by atoms with van der Waals surface area (Å²) in [5.74, 6) is -0.590. The van der Waals surface area contributed by atoms with Crippen molar-refractivity contribution in [1.29, 1.82) is 0 Å². The van der Waals surface area contributed by atoms with Gasteiger partial charge in [-0.1, -0.05) is 58.9 Å². The van der Waals surface area contributed by atoms with E-state index in [4.69, 9.17) is 9.84 Å². The fraction of sp³-hybridized carbons (Fsp3) is 0.533. The predicted molar refractivity (Wildman–Crippen MR) is 144 cm³/mol. The fourth-order valence-corrected chi connectivity index (χ4v) is 4.46. The minimum Gasteiger partial charge on any atom is -0.490 e. The maximum absolute atomic E-state index is 12.8. The Balaban J connectivity index is 2.40. The monoisotopic (exact) mass is 497 g/mol. The van der Waals surface area contributed by atoms with Crippen molar-refractivity contribution in [3.63, 3.8) is 0 Å². The molecule has 0 heterocycles. The first-order valence-electron chi connectivity index (χ1n) is 12.6. The number of amides is 1.